The highest BCUT2D eigenvalue weighted by molar-refractivity contribution is 6.40. The fourth-order valence-corrected chi connectivity index (χ4v) is 5.79. The lowest BCUT2D eigenvalue weighted by molar-refractivity contribution is -0.611. The van der Waals surface area contributed by atoms with Crippen LogP contribution in [0.15, 0.2) is 42.5 Å². The minimum atomic E-state index is -0.837. The molecule has 1 unspecified atom stereocenters. The van der Waals surface area contributed by atoms with Crippen molar-refractivity contribution < 1.29 is 24.2 Å². The Morgan fingerprint density at radius 3 is 2.68 bits per heavy atom. The van der Waals surface area contributed by atoms with Gasteiger partial charge in [0.25, 0.3) is 6.47 Å². The smallest absolute Gasteiger partial charge is 0.305 e. The molecule has 1 aromatic heterocycles. The number of nitriles is 1. The zero-order valence-corrected chi connectivity index (χ0v) is 24.0. The molecule has 0 saturated carbocycles. The van der Waals surface area contributed by atoms with E-state index in [1.54, 1.807) is 4.90 Å². The Kier molecular flexibility index (Phi) is 12.2. The van der Waals surface area contributed by atoms with Crippen LogP contribution in [0.25, 0.3) is 0 Å². The summed E-state index contributed by atoms with van der Waals surface area (Å²) >= 11 is 11.8. The number of nitrogens with zero attached hydrogens (tertiary/aromatic N) is 4. The van der Waals surface area contributed by atoms with Crippen LogP contribution in [0.5, 0.6) is 0 Å². The van der Waals surface area contributed by atoms with Crippen molar-refractivity contribution in [2.24, 2.45) is 5.73 Å². The van der Waals surface area contributed by atoms with E-state index < -0.39 is 18.0 Å². The van der Waals surface area contributed by atoms with Crippen molar-refractivity contribution in [2.45, 2.75) is 69.2 Å². The maximum absolute atomic E-state index is 13.8. The molecule has 0 aliphatic carbocycles. The van der Waals surface area contributed by atoms with Crippen molar-refractivity contribution in [3.63, 3.8) is 0 Å². The van der Waals surface area contributed by atoms with Gasteiger partial charge in [0.1, 0.15) is 17.6 Å². The lowest BCUT2D eigenvalue weighted by Gasteiger charge is -2.32. The highest BCUT2D eigenvalue weighted by atomic mass is 35.5. The Bertz CT molecular complexity index is 1240. The van der Waals surface area contributed by atoms with Gasteiger partial charge >= 0.3 is 5.15 Å². The van der Waals surface area contributed by atoms with Crippen LogP contribution in [-0.4, -0.2) is 70.4 Å². The molecule has 4 rings (SSSR count). The number of benzene rings is 1. The first-order valence-electron chi connectivity index (χ1n) is 13.4. The number of carboxylic acid groups (broad SMARTS) is 1. The molecule has 0 radical (unpaired) electrons. The molecule has 13 heteroatoms. The Hall–Kier alpha value is -3.43. The van der Waals surface area contributed by atoms with Crippen LogP contribution >= 0.6 is 23.2 Å². The summed E-state index contributed by atoms with van der Waals surface area (Å²) in [6.07, 6.45) is 3.30. The van der Waals surface area contributed by atoms with E-state index in [0.29, 0.717) is 30.7 Å². The van der Waals surface area contributed by atoms with Crippen LogP contribution in [0.4, 0.5) is 0 Å². The molecule has 0 spiro atoms. The molecule has 2 aromatic rings. The van der Waals surface area contributed by atoms with Gasteiger partial charge in [-0.2, -0.15) is 9.99 Å². The largest absolute Gasteiger partial charge is 0.617 e. The summed E-state index contributed by atoms with van der Waals surface area (Å²) in [5, 5.41) is 31.1. The zero-order valence-electron chi connectivity index (χ0n) is 22.5. The quantitative estimate of drug-likeness (QED) is 0.169. The summed E-state index contributed by atoms with van der Waals surface area (Å²) in [6.45, 7) is 0.697. The first-order valence-corrected chi connectivity index (χ1v) is 14.1. The van der Waals surface area contributed by atoms with Gasteiger partial charge in [0.2, 0.25) is 17.5 Å². The summed E-state index contributed by atoms with van der Waals surface area (Å²) in [6, 6.07) is 14.1. The standard InChI is InChI=1S/C27H32Cl2N6O3.CH2O2/c28-22-11-10-21(35(38)25(22)29)16-32-26(36)23(7-4-13-30)33-14-12-20(9-8-18-5-2-1-3-6-18)34-17-19(31)15-24(34)27(33)37;2-1-3/h1-3,5-6,10-11,19-20,23-24H,4,7-9,12,14-17,31H2,(H,32,36);1H,(H,2,3)/t19-,20?,23-,24+;/m1./s1. The van der Waals surface area contributed by atoms with Crippen molar-refractivity contribution in [2.75, 3.05) is 13.1 Å². The highest BCUT2D eigenvalue weighted by Gasteiger charge is 2.45. The van der Waals surface area contributed by atoms with E-state index in [0.717, 1.165) is 12.8 Å². The molecular weight excluding hydrogens is 571 g/mol. The van der Waals surface area contributed by atoms with Crippen molar-refractivity contribution in [1.82, 2.24) is 15.1 Å². The van der Waals surface area contributed by atoms with E-state index in [-0.39, 0.29) is 59.7 Å². The van der Waals surface area contributed by atoms with Gasteiger partial charge in [-0.05, 0) is 55.3 Å². The number of carbonyl (C=O) groups excluding carboxylic acids is 2. The van der Waals surface area contributed by atoms with Crippen LogP contribution in [0.2, 0.25) is 10.2 Å². The second-order valence-electron chi connectivity index (χ2n) is 10.0. The Balaban J connectivity index is 0.00000147. The molecular formula is C28H34Cl2N6O5. The van der Waals surface area contributed by atoms with Crippen molar-refractivity contribution >= 4 is 41.5 Å². The molecule has 2 saturated heterocycles. The van der Waals surface area contributed by atoms with Gasteiger partial charge < -0.3 is 26.3 Å². The number of halogens is 2. The summed E-state index contributed by atoms with van der Waals surface area (Å²) in [7, 11) is 0. The molecule has 4 N–H and O–H groups in total. The Labute approximate surface area is 249 Å². The van der Waals surface area contributed by atoms with Crippen LogP contribution in [0.1, 0.15) is 43.4 Å². The van der Waals surface area contributed by atoms with Crippen LogP contribution in [0, 0.1) is 16.5 Å². The van der Waals surface area contributed by atoms with E-state index in [9.17, 15) is 20.1 Å². The van der Waals surface area contributed by atoms with Gasteiger partial charge in [-0.25, -0.2) is 0 Å². The third kappa shape index (κ3) is 8.30. The van der Waals surface area contributed by atoms with Crippen LogP contribution in [-0.2, 0) is 27.3 Å². The normalized spacial score (nSPS) is 21.1. The number of hydrogen-bond donors (Lipinski definition) is 3. The predicted octanol–water partition coefficient (Wildman–Crippen LogP) is 2.25. The van der Waals surface area contributed by atoms with Gasteiger partial charge in [0, 0.05) is 37.7 Å². The summed E-state index contributed by atoms with van der Waals surface area (Å²) in [5.74, 6) is -0.553. The van der Waals surface area contributed by atoms with Crippen molar-refractivity contribution in [3.05, 3.63) is 69.1 Å². The van der Waals surface area contributed by atoms with Crippen LogP contribution < -0.4 is 15.8 Å². The fourth-order valence-electron chi connectivity index (χ4n) is 5.48. The molecule has 220 valence electrons. The van der Waals surface area contributed by atoms with E-state index in [4.69, 9.17) is 38.8 Å². The minimum absolute atomic E-state index is 0.0928. The molecule has 3 heterocycles. The van der Waals surface area contributed by atoms with Gasteiger partial charge in [0.05, 0.1) is 12.1 Å². The maximum Gasteiger partial charge on any atom is 0.305 e. The number of pyridine rings is 1. The first-order chi connectivity index (χ1) is 19.7. The predicted molar refractivity (Wildman–Crippen MR) is 153 cm³/mol. The van der Waals surface area contributed by atoms with Crippen molar-refractivity contribution in [3.8, 4) is 6.07 Å². The van der Waals surface area contributed by atoms with E-state index in [1.807, 2.05) is 18.2 Å². The summed E-state index contributed by atoms with van der Waals surface area (Å²) < 4.78 is 0.459. The second-order valence-corrected chi connectivity index (χ2v) is 10.8. The SMILES string of the molecule is N#CCC[C@H](C(=O)NCc1ccc(Cl)c(Cl)[n+]1[O-])N1CCC(CCc2ccccc2)N2C[C@H](N)C[C@H]2C1=O.O=CO. The van der Waals surface area contributed by atoms with Gasteiger partial charge in [-0.15, -0.1) is 0 Å². The van der Waals surface area contributed by atoms with Crippen LogP contribution in [0.3, 0.4) is 0 Å². The number of rotatable bonds is 9. The summed E-state index contributed by atoms with van der Waals surface area (Å²) in [4.78, 5) is 39.4. The average molecular weight is 606 g/mol. The monoisotopic (exact) mass is 604 g/mol. The Morgan fingerprint density at radius 2 is 2.00 bits per heavy atom. The minimum Gasteiger partial charge on any atom is -0.617 e. The summed E-state index contributed by atoms with van der Waals surface area (Å²) in [5.41, 5.74) is 7.75. The average Bonchev–Trinajstić information content (AvgIpc) is 3.31. The Morgan fingerprint density at radius 1 is 1.29 bits per heavy atom. The third-order valence-corrected chi connectivity index (χ3v) is 8.19. The van der Waals surface area contributed by atoms with Gasteiger partial charge in [0.15, 0.2) is 0 Å². The molecule has 1 aromatic carbocycles. The number of aryl methyl sites for hydroxylation is 1. The van der Waals surface area contributed by atoms with Crippen molar-refractivity contribution in [1.29, 1.82) is 5.26 Å². The number of aromatic nitrogens is 1. The highest BCUT2D eigenvalue weighted by Crippen LogP contribution is 2.30. The number of nitrogens with one attached hydrogen (secondary N) is 1. The fraction of sp³-hybridized carbons (Fsp3) is 0.464. The lowest BCUT2D eigenvalue weighted by Crippen LogP contribution is -2.53. The number of hydrogen-bond acceptors (Lipinski definition) is 7. The second kappa shape index (κ2) is 15.5. The van der Waals surface area contributed by atoms with Gasteiger partial charge in [-0.3, -0.25) is 19.3 Å². The first kappa shape index (κ1) is 32.1. The number of nitrogens with two attached hydrogens (primary N) is 1. The number of carbonyl (C=O) groups is 3. The van der Waals surface area contributed by atoms with E-state index in [2.05, 4.69) is 28.4 Å². The molecule has 2 aliphatic rings. The number of fused-ring (bicyclic) bond motifs is 1. The molecule has 2 fully saturated rings. The topological polar surface area (TPSA) is 167 Å². The van der Waals surface area contributed by atoms with E-state index in [1.165, 1.54) is 17.7 Å². The molecule has 2 aliphatic heterocycles. The molecule has 4 atom stereocenters. The lowest BCUT2D eigenvalue weighted by atomic mass is 10.0. The molecule has 11 nitrogen and oxygen atoms in total. The molecule has 2 amide bonds. The van der Waals surface area contributed by atoms with E-state index >= 15 is 0 Å². The third-order valence-electron chi connectivity index (χ3n) is 7.43. The molecule has 41 heavy (non-hydrogen) atoms. The number of amides is 2. The molecule has 0 bridgehead atoms. The maximum atomic E-state index is 13.8. The zero-order chi connectivity index (χ0) is 29.9. The van der Waals surface area contributed by atoms with Gasteiger partial charge in [-0.1, -0.05) is 41.9 Å².